The monoisotopic (exact) mass is 331 g/mol. The Labute approximate surface area is 145 Å². The van der Waals surface area contributed by atoms with E-state index in [0.29, 0.717) is 19.4 Å². The normalized spacial score (nSPS) is 21.2. The molecule has 132 valence electrons. The van der Waals surface area contributed by atoms with Gasteiger partial charge in [0, 0.05) is 20.0 Å². The van der Waals surface area contributed by atoms with Gasteiger partial charge in [-0.3, -0.25) is 9.59 Å². The Kier molecular flexibility index (Phi) is 6.37. The molecule has 1 aromatic carbocycles. The number of nitrogens with one attached hydrogen (secondary N) is 1. The van der Waals surface area contributed by atoms with Crippen LogP contribution in [0.5, 0.6) is 0 Å². The second-order valence-corrected chi connectivity index (χ2v) is 6.95. The van der Waals surface area contributed by atoms with E-state index in [1.165, 1.54) is 5.56 Å². The van der Waals surface area contributed by atoms with Gasteiger partial charge in [-0.25, -0.2) is 0 Å². The summed E-state index contributed by atoms with van der Waals surface area (Å²) in [6, 6.07) is 7.95. The van der Waals surface area contributed by atoms with Gasteiger partial charge in [0.1, 0.15) is 0 Å². The molecule has 2 rings (SSSR count). The highest BCUT2D eigenvalue weighted by atomic mass is 16.2. The van der Waals surface area contributed by atoms with E-state index in [0.717, 1.165) is 18.5 Å². The van der Waals surface area contributed by atoms with Gasteiger partial charge in [-0.2, -0.15) is 0 Å². The molecule has 1 aliphatic heterocycles. The number of rotatable bonds is 6. The van der Waals surface area contributed by atoms with Crippen LogP contribution in [0.15, 0.2) is 24.3 Å². The summed E-state index contributed by atoms with van der Waals surface area (Å²) in [5, 5.41) is 3.05. The van der Waals surface area contributed by atoms with Gasteiger partial charge in [-0.05, 0) is 46.0 Å². The summed E-state index contributed by atoms with van der Waals surface area (Å²) < 4.78 is 0. The smallest absolute Gasteiger partial charge is 0.225 e. The lowest BCUT2D eigenvalue weighted by Crippen LogP contribution is -2.46. The third kappa shape index (κ3) is 4.57. The molecule has 0 saturated carbocycles. The maximum Gasteiger partial charge on any atom is 0.225 e. The molecular weight excluding hydrogens is 302 g/mol. The standard InChI is InChI=1S/C19H29N3O2/c1-14-6-8-15(9-7-14)18-16(10-11-17(23)22(18)4)19(24)20-12-5-13-21(2)3/h6-9,16,18H,5,10-13H2,1-4H3,(H,20,24)/t16-,18+/m1/s1. The van der Waals surface area contributed by atoms with Gasteiger partial charge in [0.15, 0.2) is 0 Å². The summed E-state index contributed by atoms with van der Waals surface area (Å²) in [5.74, 6) is -0.0225. The van der Waals surface area contributed by atoms with Crippen LogP contribution in [-0.2, 0) is 9.59 Å². The fraction of sp³-hybridized carbons (Fsp3) is 0.579. The van der Waals surface area contributed by atoms with E-state index < -0.39 is 0 Å². The van der Waals surface area contributed by atoms with Crippen molar-refractivity contribution in [3.63, 3.8) is 0 Å². The first-order valence-corrected chi connectivity index (χ1v) is 8.65. The van der Waals surface area contributed by atoms with E-state index in [4.69, 9.17) is 0 Å². The number of likely N-dealkylation sites (tertiary alicyclic amines) is 1. The number of benzene rings is 1. The summed E-state index contributed by atoms with van der Waals surface area (Å²) in [6.07, 6.45) is 1.98. The number of hydrogen-bond acceptors (Lipinski definition) is 3. The third-order valence-corrected chi connectivity index (χ3v) is 4.70. The highest BCUT2D eigenvalue weighted by Crippen LogP contribution is 2.35. The van der Waals surface area contributed by atoms with E-state index >= 15 is 0 Å². The van der Waals surface area contributed by atoms with Gasteiger partial charge >= 0.3 is 0 Å². The highest BCUT2D eigenvalue weighted by Gasteiger charge is 2.38. The number of hydrogen-bond donors (Lipinski definition) is 1. The molecule has 0 bridgehead atoms. The van der Waals surface area contributed by atoms with Crippen LogP contribution in [-0.4, -0.2) is 55.8 Å². The molecule has 1 aliphatic rings. The fourth-order valence-corrected chi connectivity index (χ4v) is 3.27. The van der Waals surface area contributed by atoms with Crippen molar-refractivity contribution in [2.75, 3.05) is 34.2 Å². The van der Waals surface area contributed by atoms with Gasteiger partial charge in [0.25, 0.3) is 0 Å². The van der Waals surface area contributed by atoms with Crippen molar-refractivity contribution in [2.45, 2.75) is 32.2 Å². The molecule has 2 amide bonds. The number of piperidine rings is 1. The lowest BCUT2D eigenvalue weighted by atomic mass is 9.83. The molecule has 24 heavy (non-hydrogen) atoms. The first-order valence-electron chi connectivity index (χ1n) is 8.65. The number of nitrogens with zero attached hydrogens (tertiary/aromatic N) is 2. The molecule has 0 radical (unpaired) electrons. The minimum absolute atomic E-state index is 0.0543. The molecule has 1 aromatic rings. The van der Waals surface area contributed by atoms with Crippen LogP contribution in [0.3, 0.4) is 0 Å². The summed E-state index contributed by atoms with van der Waals surface area (Å²) >= 11 is 0. The topological polar surface area (TPSA) is 52.7 Å². The third-order valence-electron chi connectivity index (χ3n) is 4.70. The maximum atomic E-state index is 12.7. The van der Waals surface area contributed by atoms with Crippen LogP contribution in [0.1, 0.15) is 36.4 Å². The van der Waals surface area contributed by atoms with Crippen molar-refractivity contribution < 1.29 is 9.59 Å². The fourth-order valence-electron chi connectivity index (χ4n) is 3.27. The van der Waals surface area contributed by atoms with Crippen molar-refractivity contribution in [3.05, 3.63) is 35.4 Å². The van der Waals surface area contributed by atoms with Crippen molar-refractivity contribution in [1.82, 2.24) is 15.1 Å². The number of aryl methyl sites for hydroxylation is 1. The second-order valence-electron chi connectivity index (χ2n) is 6.95. The molecule has 2 atom stereocenters. The molecule has 1 fully saturated rings. The van der Waals surface area contributed by atoms with Crippen molar-refractivity contribution >= 4 is 11.8 Å². The Morgan fingerprint density at radius 1 is 1.29 bits per heavy atom. The number of carbonyl (C=O) groups excluding carboxylic acids is 2. The number of carbonyl (C=O) groups is 2. The van der Waals surface area contributed by atoms with Crippen LogP contribution in [0.25, 0.3) is 0 Å². The largest absolute Gasteiger partial charge is 0.356 e. The lowest BCUT2D eigenvalue weighted by Gasteiger charge is -2.38. The van der Waals surface area contributed by atoms with Gasteiger partial charge in [0.2, 0.25) is 11.8 Å². The summed E-state index contributed by atoms with van der Waals surface area (Å²) in [7, 11) is 5.85. The average molecular weight is 331 g/mol. The molecule has 1 saturated heterocycles. The predicted molar refractivity (Wildman–Crippen MR) is 95.6 cm³/mol. The molecule has 0 unspecified atom stereocenters. The minimum Gasteiger partial charge on any atom is -0.356 e. The van der Waals surface area contributed by atoms with Crippen molar-refractivity contribution in [2.24, 2.45) is 5.92 Å². The summed E-state index contributed by atoms with van der Waals surface area (Å²) in [4.78, 5) is 28.7. The number of amides is 2. The van der Waals surface area contributed by atoms with Crippen LogP contribution < -0.4 is 5.32 Å². The SMILES string of the molecule is Cc1ccc([C@H]2[C@H](C(=O)NCCCN(C)C)CCC(=O)N2C)cc1. The van der Waals surface area contributed by atoms with E-state index in [1.54, 1.807) is 11.9 Å². The predicted octanol–water partition coefficient (Wildman–Crippen LogP) is 1.97. The average Bonchev–Trinajstić information content (AvgIpc) is 2.54. The second kappa shape index (κ2) is 8.29. The summed E-state index contributed by atoms with van der Waals surface area (Å²) in [5.41, 5.74) is 2.21. The van der Waals surface area contributed by atoms with Gasteiger partial charge < -0.3 is 15.1 Å². The van der Waals surface area contributed by atoms with E-state index in [9.17, 15) is 9.59 Å². The first-order chi connectivity index (χ1) is 11.4. The molecule has 0 aliphatic carbocycles. The Balaban J connectivity index is 2.08. The first kappa shape index (κ1) is 18.5. The van der Waals surface area contributed by atoms with Crippen LogP contribution >= 0.6 is 0 Å². The Hall–Kier alpha value is -1.88. The summed E-state index contributed by atoms with van der Waals surface area (Å²) in [6.45, 7) is 3.66. The van der Waals surface area contributed by atoms with Crippen molar-refractivity contribution in [1.29, 1.82) is 0 Å². The molecule has 0 spiro atoms. The van der Waals surface area contributed by atoms with Crippen LogP contribution in [0.4, 0.5) is 0 Å². The van der Waals surface area contributed by atoms with Gasteiger partial charge in [-0.15, -0.1) is 0 Å². The quantitative estimate of drug-likeness (QED) is 0.811. The van der Waals surface area contributed by atoms with Gasteiger partial charge in [0.05, 0.1) is 12.0 Å². The van der Waals surface area contributed by atoms with E-state index in [1.807, 2.05) is 45.3 Å². The van der Waals surface area contributed by atoms with Crippen LogP contribution in [0, 0.1) is 12.8 Å². The van der Waals surface area contributed by atoms with E-state index in [2.05, 4.69) is 10.2 Å². The molecule has 1 N–H and O–H groups in total. The Morgan fingerprint density at radius 2 is 1.96 bits per heavy atom. The highest BCUT2D eigenvalue weighted by molar-refractivity contribution is 5.84. The van der Waals surface area contributed by atoms with Crippen molar-refractivity contribution in [3.8, 4) is 0 Å². The molecular formula is C19H29N3O2. The maximum absolute atomic E-state index is 12.7. The zero-order valence-corrected chi connectivity index (χ0v) is 15.2. The molecule has 0 aromatic heterocycles. The minimum atomic E-state index is -0.185. The van der Waals surface area contributed by atoms with E-state index in [-0.39, 0.29) is 23.8 Å². The molecule has 5 heteroatoms. The Bertz CT molecular complexity index is 568. The lowest BCUT2D eigenvalue weighted by molar-refractivity contribution is -0.141. The Morgan fingerprint density at radius 3 is 2.58 bits per heavy atom. The van der Waals surface area contributed by atoms with Gasteiger partial charge in [-0.1, -0.05) is 29.8 Å². The molecule has 5 nitrogen and oxygen atoms in total. The zero-order valence-electron chi connectivity index (χ0n) is 15.2. The zero-order chi connectivity index (χ0) is 17.7. The molecule has 1 heterocycles. The van der Waals surface area contributed by atoms with Crippen LogP contribution in [0.2, 0.25) is 0 Å².